The van der Waals surface area contributed by atoms with Crippen molar-refractivity contribution in [3.63, 3.8) is 0 Å². The molecule has 1 fully saturated rings. The van der Waals surface area contributed by atoms with Crippen molar-refractivity contribution < 1.29 is 23.9 Å². The standard InChI is InChI=1S/C33H36N2O5/c1-33(2,3)40-31(37)28(20-22-12-5-4-6-13-22)34-30(36)29-18-11-19-35(29)32(38)39-21-27-25-16-9-7-14-23(25)24-15-8-10-17-26(24)27/h4-10,12-17,27-29H,11,18-21H2,1-3H3,(H,34,36)/t28-,29-/m0/s1. The summed E-state index contributed by atoms with van der Waals surface area (Å²) in [5.41, 5.74) is 4.78. The summed E-state index contributed by atoms with van der Waals surface area (Å²) in [5.74, 6) is -0.943. The van der Waals surface area contributed by atoms with Gasteiger partial charge < -0.3 is 14.8 Å². The van der Waals surface area contributed by atoms with Crippen molar-refractivity contribution in [3.05, 3.63) is 95.6 Å². The Morgan fingerprint density at radius 2 is 1.50 bits per heavy atom. The van der Waals surface area contributed by atoms with Gasteiger partial charge in [-0.1, -0.05) is 78.9 Å². The first-order chi connectivity index (χ1) is 19.2. The summed E-state index contributed by atoms with van der Waals surface area (Å²) in [6.45, 7) is 5.99. The second-order valence-corrected chi connectivity index (χ2v) is 11.4. The highest BCUT2D eigenvalue weighted by molar-refractivity contribution is 5.90. The van der Waals surface area contributed by atoms with Crippen LogP contribution in [-0.4, -0.2) is 53.7 Å². The van der Waals surface area contributed by atoms with Crippen LogP contribution in [0.3, 0.4) is 0 Å². The van der Waals surface area contributed by atoms with Crippen molar-refractivity contribution in [2.24, 2.45) is 0 Å². The first-order valence-corrected chi connectivity index (χ1v) is 13.9. The van der Waals surface area contributed by atoms with Gasteiger partial charge in [0.15, 0.2) is 0 Å². The largest absolute Gasteiger partial charge is 0.458 e. The van der Waals surface area contributed by atoms with Crippen LogP contribution in [0.2, 0.25) is 0 Å². The van der Waals surface area contributed by atoms with E-state index >= 15 is 0 Å². The third-order valence-electron chi connectivity index (χ3n) is 7.42. The number of rotatable bonds is 7. The quantitative estimate of drug-likeness (QED) is 0.402. The summed E-state index contributed by atoms with van der Waals surface area (Å²) >= 11 is 0. The maximum Gasteiger partial charge on any atom is 0.410 e. The van der Waals surface area contributed by atoms with E-state index in [2.05, 4.69) is 29.6 Å². The number of hydrogen-bond acceptors (Lipinski definition) is 5. The molecule has 0 bridgehead atoms. The molecule has 2 amide bonds. The average molecular weight is 541 g/mol. The minimum Gasteiger partial charge on any atom is -0.458 e. The van der Waals surface area contributed by atoms with E-state index < -0.39 is 29.7 Å². The fraction of sp³-hybridized carbons (Fsp3) is 0.364. The van der Waals surface area contributed by atoms with E-state index in [0.717, 1.165) is 27.8 Å². The van der Waals surface area contributed by atoms with Crippen LogP contribution in [0.4, 0.5) is 4.79 Å². The fourth-order valence-electron chi connectivity index (χ4n) is 5.62. The molecule has 7 heteroatoms. The van der Waals surface area contributed by atoms with Crippen molar-refractivity contribution in [1.29, 1.82) is 0 Å². The van der Waals surface area contributed by atoms with E-state index in [-0.39, 0.29) is 18.4 Å². The Morgan fingerprint density at radius 1 is 0.900 bits per heavy atom. The van der Waals surface area contributed by atoms with E-state index in [1.165, 1.54) is 4.90 Å². The molecule has 7 nitrogen and oxygen atoms in total. The van der Waals surface area contributed by atoms with Gasteiger partial charge >= 0.3 is 12.1 Å². The number of nitrogens with one attached hydrogen (secondary N) is 1. The Bertz CT molecular complexity index is 1340. The molecule has 0 radical (unpaired) electrons. The molecule has 1 saturated heterocycles. The third kappa shape index (κ3) is 6.03. The minimum absolute atomic E-state index is 0.0614. The second kappa shape index (κ2) is 11.5. The molecule has 1 N–H and O–H groups in total. The molecule has 1 aliphatic heterocycles. The van der Waals surface area contributed by atoms with Crippen LogP contribution in [0.25, 0.3) is 11.1 Å². The maximum absolute atomic E-state index is 13.5. The van der Waals surface area contributed by atoms with Crippen molar-refractivity contribution >= 4 is 18.0 Å². The third-order valence-corrected chi connectivity index (χ3v) is 7.42. The fourth-order valence-corrected chi connectivity index (χ4v) is 5.62. The van der Waals surface area contributed by atoms with Crippen LogP contribution in [0.1, 0.15) is 56.2 Å². The summed E-state index contributed by atoms with van der Waals surface area (Å²) in [5, 5.41) is 2.87. The van der Waals surface area contributed by atoms with Gasteiger partial charge in [0.25, 0.3) is 0 Å². The van der Waals surface area contributed by atoms with Gasteiger partial charge in [-0.2, -0.15) is 0 Å². The number of carbonyl (C=O) groups is 3. The number of carbonyl (C=O) groups excluding carboxylic acids is 3. The second-order valence-electron chi connectivity index (χ2n) is 11.4. The molecule has 208 valence electrons. The highest BCUT2D eigenvalue weighted by Gasteiger charge is 2.38. The average Bonchev–Trinajstić information content (AvgIpc) is 3.55. The lowest BCUT2D eigenvalue weighted by molar-refractivity contribution is -0.158. The molecule has 0 aromatic heterocycles. The van der Waals surface area contributed by atoms with E-state index in [0.29, 0.717) is 25.8 Å². The van der Waals surface area contributed by atoms with Gasteiger partial charge in [0.2, 0.25) is 5.91 Å². The Kier molecular flexibility index (Phi) is 7.92. The van der Waals surface area contributed by atoms with Gasteiger partial charge in [0.05, 0.1) is 0 Å². The summed E-state index contributed by atoms with van der Waals surface area (Å²) in [6, 6.07) is 24.2. The molecular weight excluding hydrogens is 504 g/mol. The monoisotopic (exact) mass is 540 g/mol. The highest BCUT2D eigenvalue weighted by Crippen LogP contribution is 2.44. The minimum atomic E-state index is -0.876. The van der Waals surface area contributed by atoms with E-state index in [9.17, 15) is 14.4 Å². The SMILES string of the molecule is CC(C)(C)OC(=O)[C@H](Cc1ccccc1)NC(=O)[C@@H]1CCCN1C(=O)OCC1c2ccccc2-c2ccccc21. The number of nitrogens with zero attached hydrogens (tertiary/aromatic N) is 1. The number of amides is 2. The van der Waals surface area contributed by atoms with Crippen LogP contribution in [0.15, 0.2) is 78.9 Å². The van der Waals surface area contributed by atoms with Gasteiger partial charge in [0, 0.05) is 18.9 Å². The van der Waals surface area contributed by atoms with E-state index in [1.807, 2.05) is 54.6 Å². The Labute approximate surface area is 235 Å². The summed E-state index contributed by atoms with van der Waals surface area (Å²) < 4.78 is 11.4. The number of esters is 1. The van der Waals surface area contributed by atoms with Crippen molar-refractivity contribution in [2.45, 2.75) is 63.6 Å². The molecule has 1 aliphatic carbocycles. The zero-order chi connectivity index (χ0) is 28.3. The predicted molar refractivity (Wildman–Crippen MR) is 153 cm³/mol. The molecule has 40 heavy (non-hydrogen) atoms. The topological polar surface area (TPSA) is 84.9 Å². The predicted octanol–water partition coefficient (Wildman–Crippen LogP) is 5.47. The van der Waals surface area contributed by atoms with Crippen LogP contribution < -0.4 is 5.32 Å². The van der Waals surface area contributed by atoms with E-state index in [1.54, 1.807) is 20.8 Å². The normalized spacial score (nSPS) is 17.1. The van der Waals surface area contributed by atoms with Crippen molar-refractivity contribution in [1.82, 2.24) is 10.2 Å². The zero-order valence-electron chi connectivity index (χ0n) is 23.3. The van der Waals surface area contributed by atoms with E-state index in [4.69, 9.17) is 9.47 Å². The Balaban J connectivity index is 1.26. The Hall–Kier alpha value is -4.13. The number of likely N-dealkylation sites (tertiary alicyclic amines) is 1. The van der Waals surface area contributed by atoms with Crippen LogP contribution in [0.5, 0.6) is 0 Å². The molecule has 3 aromatic carbocycles. The molecule has 0 saturated carbocycles. The van der Waals surface area contributed by atoms with Gasteiger partial charge in [-0.15, -0.1) is 0 Å². The van der Waals surface area contributed by atoms with Gasteiger partial charge in [-0.25, -0.2) is 9.59 Å². The number of ether oxygens (including phenoxy) is 2. The molecule has 0 spiro atoms. The first kappa shape index (κ1) is 27.4. The highest BCUT2D eigenvalue weighted by atomic mass is 16.6. The number of benzene rings is 3. The van der Waals surface area contributed by atoms with Crippen LogP contribution in [0, 0.1) is 0 Å². The van der Waals surface area contributed by atoms with Gasteiger partial charge in [-0.05, 0) is 61.4 Å². The molecule has 2 atom stereocenters. The smallest absolute Gasteiger partial charge is 0.410 e. The lowest BCUT2D eigenvalue weighted by Crippen LogP contribution is -2.52. The lowest BCUT2D eigenvalue weighted by atomic mass is 9.98. The summed E-state index contributed by atoms with van der Waals surface area (Å²) in [7, 11) is 0. The molecule has 3 aromatic rings. The van der Waals surface area contributed by atoms with Crippen LogP contribution in [-0.2, 0) is 25.5 Å². The van der Waals surface area contributed by atoms with Crippen molar-refractivity contribution in [3.8, 4) is 11.1 Å². The summed E-state index contributed by atoms with van der Waals surface area (Å²) in [6.07, 6.45) is 0.955. The maximum atomic E-state index is 13.5. The van der Waals surface area contributed by atoms with Crippen molar-refractivity contribution in [2.75, 3.05) is 13.2 Å². The first-order valence-electron chi connectivity index (χ1n) is 13.9. The molecule has 2 aliphatic rings. The number of hydrogen-bond donors (Lipinski definition) is 1. The zero-order valence-corrected chi connectivity index (χ0v) is 23.3. The number of fused-ring (bicyclic) bond motifs is 3. The van der Waals surface area contributed by atoms with Gasteiger partial charge in [-0.3, -0.25) is 9.69 Å². The van der Waals surface area contributed by atoms with Gasteiger partial charge in [0.1, 0.15) is 24.3 Å². The molecule has 1 heterocycles. The molecular formula is C33H36N2O5. The molecule has 5 rings (SSSR count). The Morgan fingerprint density at radius 3 is 2.12 bits per heavy atom. The molecule has 0 unspecified atom stereocenters. The lowest BCUT2D eigenvalue weighted by Gasteiger charge is -2.28. The van der Waals surface area contributed by atoms with Crippen LogP contribution >= 0.6 is 0 Å². The summed E-state index contributed by atoms with van der Waals surface area (Å²) in [4.78, 5) is 41.2.